The molecule has 0 aromatic heterocycles. The summed E-state index contributed by atoms with van der Waals surface area (Å²) in [6.07, 6.45) is 1.80. The van der Waals surface area contributed by atoms with Crippen LogP contribution in [-0.2, 0) is 10.3 Å². The molecule has 2 aliphatic rings. The Morgan fingerprint density at radius 2 is 2.10 bits per heavy atom. The molecular weight excluding hydrogens is 291 g/mol. The summed E-state index contributed by atoms with van der Waals surface area (Å²) in [5, 5.41) is 0.237. The van der Waals surface area contributed by atoms with E-state index in [1.54, 1.807) is 0 Å². The first-order valence-electron chi connectivity index (χ1n) is 6.14. The number of anilines is 1. The van der Waals surface area contributed by atoms with Crippen LogP contribution < -0.4 is 4.90 Å². The Kier molecular flexibility index (Phi) is 2.93. The zero-order valence-electron chi connectivity index (χ0n) is 10.4. The second kappa shape index (κ2) is 4.31. The average Bonchev–Trinajstić information content (AvgIpc) is 3.20. The predicted molar refractivity (Wildman–Crippen MR) is 69.2 cm³/mol. The van der Waals surface area contributed by atoms with Gasteiger partial charge < -0.3 is 4.74 Å². The van der Waals surface area contributed by atoms with Gasteiger partial charge in [0.25, 0.3) is 0 Å². The molecule has 1 aromatic rings. The monoisotopic (exact) mass is 301 g/mol. The van der Waals surface area contributed by atoms with Crippen LogP contribution in [0.4, 0.5) is 18.9 Å². The van der Waals surface area contributed by atoms with Gasteiger partial charge in [-0.25, -0.2) is 0 Å². The largest absolute Gasteiger partial charge is 0.422 e. The molecule has 0 spiro atoms. The molecule has 0 amide bonds. The van der Waals surface area contributed by atoms with Crippen LogP contribution in [0.3, 0.4) is 0 Å². The molecule has 6 heteroatoms. The van der Waals surface area contributed by atoms with Crippen molar-refractivity contribution in [3.8, 4) is 12.5 Å². The van der Waals surface area contributed by atoms with E-state index >= 15 is 0 Å². The van der Waals surface area contributed by atoms with Crippen LogP contribution in [0.1, 0.15) is 18.4 Å². The Hall–Kier alpha value is -1.38. The molecule has 3 rings (SSSR count). The van der Waals surface area contributed by atoms with Gasteiger partial charge in [0.05, 0.1) is 5.69 Å². The Morgan fingerprint density at radius 3 is 2.65 bits per heavy atom. The van der Waals surface area contributed by atoms with Gasteiger partial charge in [-0.3, -0.25) is 4.90 Å². The summed E-state index contributed by atoms with van der Waals surface area (Å²) in [5.41, 5.74) is -1.93. The maximum atomic E-state index is 13.7. The van der Waals surface area contributed by atoms with Crippen LogP contribution in [0.25, 0.3) is 0 Å². The van der Waals surface area contributed by atoms with Crippen LogP contribution in [0.5, 0.6) is 0 Å². The van der Waals surface area contributed by atoms with Crippen molar-refractivity contribution in [2.75, 3.05) is 11.6 Å². The normalized spacial score (nSPS) is 26.1. The summed E-state index contributed by atoms with van der Waals surface area (Å²) in [5.74, 6) is -0.570. The molecule has 1 aromatic carbocycles. The fourth-order valence-electron chi connectivity index (χ4n) is 2.76. The number of halogens is 4. The third-order valence-electron chi connectivity index (χ3n) is 3.80. The van der Waals surface area contributed by atoms with E-state index in [2.05, 4.69) is 6.04 Å². The topological polar surface area (TPSA) is 12.5 Å². The zero-order chi connectivity index (χ0) is 14.5. The molecule has 1 saturated carbocycles. The standard InChI is InChI=1S/C14H11ClF3NO/c1-2-19-8-20-13(9-3-4-9,14(16,17)18)11-7-10(15)5-6-12(11)19/h1,5-7,9H,3-4,8H2. The van der Waals surface area contributed by atoms with Crippen LogP contribution >= 0.6 is 11.6 Å². The molecule has 1 fully saturated rings. The van der Waals surface area contributed by atoms with E-state index in [0.717, 1.165) is 0 Å². The van der Waals surface area contributed by atoms with Gasteiger partial charge in [0.1, 0.15) is 6.73 Å². The predicted octanol–water partition coefficient (Wildman–Crippen LogP) is 3.89. The van der Waals surface area contributed by atoms with E-state index in [9.17, 15) is 13.2 Å². The zero-order valence-corrected chi connectivity index (χ0v) is 11.1. The molecule has 1 atom stereocenters. The maximum Gasteiger partial charge on any atom is 0.422 e. The number of hydrogen-bond acceptors (Lipinski definition) is 2. The lowest BCUT2D eigenvalue weighted by Gasteiger charge is -2.43. The summed E-state index contributed by atoms with van der Waals surface area (Å²) in [6.45, 7) is -0.277. The summed E-state index contributed by atoms with van der Waals surface area (Å²) < 4.78 is 46.3. The summed E-state index contributed by atoms with van der Waals surface area (Å²) in [4.78, 5) is 1.32. The van der Waals surface area contributed by atoms with Gasteiger partial charge in [-0.2, -0.15) is 13.2 Å². The van der Waals surface area contributed by atoms with Gasteiger partial charge in [-0.1, -0.05) is 18.0 Å². The Labute approximate surface area is 119 Å². The molecule has 20 heavy (non-hydrogen) atoms. The van der Waals surface area contributed by atoms with Crippen molar-refractivity contribution < 1.29 is 17.9 Å². The molecule has 106 valence electrons. The average molecular weight is 302 g/mol. The Balaban J connectivity index is 2.24. The van der Waals surface area contributed by atoms with E-state index in [1.165, 1.54) is 23.1 Å². The smallest absolute Gasteiger partial charge is 0.339 e. The quantitative estimate of drug-likeness (QED) is 0.730. The highest BCUT2D eigenvalue weighted by Gasteiger charge is 2.67. The number of rotatable bonds is 1. The molecule has 1 unspecified atom stereocenters. The first-order chi connectivity index (χ1) is 9.40. The molecule has 0 N–H and O–H groups in total. The van der Waals surface area contributed by atoms with Gasteiger partial charge >= 0.3 is 6.18 Å². The molecule has 1 aliphatic carbocycles. The lowest BCUT2D eigenvalue weighted by atomic mass is 9.85. The van der Waals surface area contributed by atoms with Crippen LogP contribution in [0, 0.1) is 18.4 Å². The minimum atomic E-state index is -4.51. The van der Waals surface area contributed by atoms with Crippen LogP contribution in [0.15, 0.2) is 18.2 Å². The molecule has 0 radical (unpaired) electrons. The van der Waals surface area contributed by atoms with Gasteiger partial charge in [-0.05, 0) is 31.0 Å². The first kappa shape index (κ1) is 13.6. The van der Waals surface area contributed by atoms with Crippen molar-refractivity contribution in [1.82, 2.24) is 0 Å². The first-order valence-corrected chi connectivity index (χ1v) is 6.52. The Bertz CT molecular complexity index is 591. The number of terminal acetylenes is 1. The molecule has 1 heterocycles. The summed E-state index contributed by atoms with van der Waals surface area (Å²) in [7, 11) is 0. The highest BCUT2D eigenvalue weighted by Crippen LogP contribution is 2.60. The SMILES string of the molecule is C#CN1COC(C2CC2)(C(F)(F)F)c2cc(Cl)ccc21. The van der Waals surface area contributed by atoms with Crippen molar-refractivity contribution in [2.24, 2.45) is 5.92 Å². The number of fused-ring (bicyclic) bond motifs is 1. The van der Waals surface area contributed by atoms with Crippen molar-refractivity contribution in [3.05, 3.63) is 28.8 Å². The minimum absolute atomic E-state index is 0.0178. The fourth-order valence-corrected chi connectivity index (χ4v) is 2.93. The molecule has 0 saturated heterocycles. The Morgan fingerprint density at radius 1 is 1.40 bits per heavy atom. The van der Waals surface area contributed by atoms with E-state index < -0.39 is 17.7 Å². The third kappa shape index (κ3) is 1.79. The number of hydrogen-bond donors (Lipinski definition) is 0. The van der Waals surface area contributed by atoms with E-state index in [0.29, 0.717) is 18.5 Å². The number of ether oxygens (including phenoxy) is 1. The lowest BCUT2D eigenvalue weighted by Crippen LogP contribution is -2.52. The fraction of sp³-hybridized carbons (Fsp3) is 0.429. The van der Waals surface area contributed by atoms with Gasteiger partial charge in [0.15, 0.2) is 5.60 Å². The van der Waals surface area contributed by atoms with Gasteiger partial charge in [0, 0.05) is 22.5 Å². The van der Waals surface area contributed by atoms with Crippen molar-refractivity contribution in [2.45, 2.75) is 24.6 Å². The second-order valence-corrected chi connectivity index (χ2v) is 5.44. The van der Waals surface area contributed by atoms with Gasteiger partial charge in [0.2, 0.25) is 0 Å². The molecule has 0 bridgehead atoms. The van der Waals surface area contributed by atoms with Crippen molar-refractivity contribution in [3.63, 3.8) is 0 Å². The maximum absolute atomic E-state index is 13.7. The summed E-state index contributed by atoms with van der Waals surface area (Å²) >= 11 is 5.88. The minimum Gasteiger partial charge on any atom is -0.339 e. The van der Waals surface area contributed by atoms with Crippen LogP contribution in [-0.4, -0.2) is 12.9 Å². The van der Waals surface area contributed by atoms with Gasteiger partial charge in [-0.15, -0.1) is 0 Å². The van der Waals surface area contributed by atoms with E-state index in [-0.39, 0.29) is 17.3 Å². The molecule has 2 nitrogen and oxygen atoms in total. The summed E-state index contributed by atoms with van der Waals surface area (Å²) in [6, 6.07) is 6.69. The van der Waals surface area contributed by atoms with E-state index in [4.69, 9.17) is 22.8 Å². The number of alkyl halides is 3. The highest BCUT2D eigenvalue weighted by molar-refractivity contribution is 6.30. The van der Waals surface area contributed by atoms with Crippen LogP contribution in [0.2, 0.25) is 5.02 Å². The highest BCUT2D eigenvalue weighted by atomic mass is 35.5. The number of benzene rings is 1. The molecule has 1 aliphatic heterocycles. The third-order valence-corrected chi connectivity index (χ3v) is 4.04. The van der Waals surface area contributed by atoms with Crippen molar-refractivity contribution in [1.29, 1.82) is 0 Å². The van der Waals surface area contributed by atoms with E-state index in [1.807, 2.05) is 0 Å². The van der Waals surface area contributed by atoms with Crippen molar-refractivity contribution >= 4 is 17.3 Å². The second-order valence-electron chi connectivity index (χ2n) is 5.00. The lowest BCUT2D eigenvalue weighted by molar-refractivity contribution is -0.296. The number of nitrogens with zero attached hydrogens (tertiary/aromatic N) is 1. The molecular formula is C14H11ClF3NO.